The topological polar surface area (TPSA) is 35.5 Å². The Morgan fingerprint density at radius 2 is 2.00 bits per heavy atom. The number of rotatable bonds is 5. The Morgan fingerprint density at radius 1 is 1.42 bits per heavy atom. The third kappa shape index (κ3) is 5.13. The van der Waals surface area contributed by atoms with Gasteiger partial charge in [0.05, 0.1) is 12.2 Å². The first kappa shape index (κ1) is 11.4. The van der Waals surface area contributed by atoms with Crippen LogP contribution in [0.2, 0.25) is 0 Å². The van der Waals surface area contributed by atoms with Gasteiger partial charge in [-0.1, -0.05) is 6.92 Å². The van der Waals surface area contributed by atoms with E-state index in [1.54, 1.807) is 14.0 Å². The molecule has 0 N–H and O–H groups in total. The number of carbonyl (C=O) groups is 1. The van der Waals surface area contributed by atoms with Crippen LogP contribution in [0.15, 0.2) is 0 Å². The zero-order valence-corrected chi connectivity index (χ0v) is 8.35. The first-order chi connectivity index (χ1) is 5.52. The van der Waals surface area contributed by atoms with Gasteiger partial charge in [-0.15, -0.1) is 0 Å². The number of hydrogen-bond acceptors (Lipinski definition) is 3. The minimum atomic E-state index is -0.200. The molecule has 0 aromatic carbocycles. The highest BCUT2D eigenvalue weighted by molar-refractivity contribution is 5.68. The first-order valence-corrected chi connectivity index (χ1v) is 4.22. The van der Waals surface area contributed by atoms with E-state index in [1.807, 2.05) is 13.8 Å². The lowest BCUT2D eigenvalue weighted by Crippen LogP contribution is -2.25. The van der Waals surface area contributed by atoms with Gasteiger partial charge in [0.15, 0.2) is 0 Å². The molecule has 0 spiro atoms. The van der Waals surface area contributed by atoms with Gasteiger partial charge in [0.25, 0.3) is 0 Å². The monoisotopic (exact) mass is 174 g/mol. The third-order valence-corrected chi connectivity index (χ3v) is 1.81. The van der Waals surface area contributed by atoms with Gasteiger partial charge in [-0.25, -0.2) is 0 Å². The molecule has 0 aliphatic carbocycles. The number of methoxy groups -OCH3 is 1. The molecule has 0 saturated carbocycles. The number of carbonyl (C=O) groups excluding carboxylic acids is 1. The van der Waals surface area contributed by atoms with Crippen LogP contribution in [-0.4, -0.2) is 25.3 Å². The van der Waals surface area contributed by atoms with Crippen molar-refractivity contribution in [1.29, 1.82) is 0 Å². The Labute approximate surface area is 74.0 Å². The smallest absolute Gasteiger partial charge is 0.305 e. The van der Waals surface area contributed by atoms with Crippen molar-refractivity contribution in [1.82, 2.24) is 0 Å². The maximum Gasteiger partial charge on any atom is 0.305 e. The molecule has 0 bridgehead atoms. The van der Waals surface area contributed by atoms with Gasteiger partial charge in [0.1, 0.15) is 0 Å². The summed E-state index contributed by atoms with van der Waals surface area (Å²) in [4.78, 5) is 10.7. The van der Waals surface area contributed by atoms with Gasteiger partial charge >= 0.3 is 5.97 Å². The van der Waals surface area contributed by atoms with Gasteiger partial charge in [-0.2, -0.15) is 0 Å². The first-order valence-electron chi connectivity index (χ1n) is 4.22. The van der Waals surface area contributed by atoms with Crippen LogP contribution in [0, 0.1) is 0 Å². The molecule has 0 aromatic heterocycles. The lowest BCUT2D eigenvalue weighted by atomic mass is 10.1. The molecule has 3 heteroatoms. The lowest BCUT2D eigenvalue weighted by Gasteiger charge is -2.22. The molecule has 0 saturated heterocycles. The van der Waals surface area contributed by atoms with Gasteiger partial charge in [0.2, 0.25) is 0 Å². The van der Waals surface area contributed by atoms with Crippen LogP contribution in [0.4, 0.5) is 0 Å². The van der Waals surface area contributed by atoms with Crippen LogP contribution in [0.5, 0.6) is 0 Å². The second-order valence-corrected chi connectivity index (χ2v) is 3.29. The molecule has 0 rings (SSSR count). The molecule has 0 fully saturated rings. The highest BCUT2D eigenvalue weighted by Gasteiger charge is 2.16. The van der Waals surface area contributed by atoms with E-state index in [1.165, 1.54) is 0 Å². The van der Waals surface area contributed by atoms with Crippen molar-refractivity contribution in [3.63, 3.8) is 0 Å². The molecule has 0 aliphatic heterocycles. The lowest BCUT2D eigenvalue weighted by molar-refractivity contribution is -0.144. The van der Waals surface area contributed by atoms with E-state index in [9.17, 15) is 4.79 Å². The molecule has 3 nitrogen and oxygen atoms in total. The Hall–Kier alpha value is -0.570. The summed E-state index contributed by atoms with van der Waals surface area (Å²) in [5, 5.41) is 0. The van der Waals surface area contributed by atoms with E-state index < -0.39 is 0 Å². The minimum absolute atomic E-state index is 0.151. The van der Waals surface area contributed by atoms with E-state index in [2.05, 4.69) is 0 Å². The van der Waals surface area contributed by atoms with Crippen molar-refractivity contribution in [3.05, 3.63) is 0 Å². The fourth-order valence-electron chi connectivity index (χ4n) is 0.615. The average Bonchev–Trinajstić information content (AvgIpc) is 2.04. The summed E-state index contributed by atoms with van der Waals surface area (Å²) in [6, 6.07) is 0. The fraction of sp³-hybridized carbons (Fsp3) is 0.889. The molecule has 72 valence electrons. The minimum Gasteiger partial charge on any atom is -0.466 e. The van der Waals surface area contributed by atoms with Crippen LogP contribution in [0.25, 0.3) is 0 Å². The molecule has 0 heterocycles. The zero-order chi connectivity index (χ0) is 9.61. The van der Waals surface area contributed by atoms with Crippen molar-refractivity contribution >= 4 is 5.97 Å². The normalized spacial score (nSPS) is 11.3. The van der Waals surface area contributed by atoms with Crippen molar-refractivity contribution in [2.75, 3.05) is 13.7 Å². The summed E-state index contributed by atoms with van der Waals surface area (Å²) in [6.45, 7) is 6.15. The summed E-state index contributed by atoms with van der Waals surface area (Å²) in [5.74, 6) is -0.151. The summed E-state index contributed by atoms with van der Waals surface area (Å²) >= 11 is 0. The van der Waals surface area contributed by atoms with E-state index in [0.29, 0.717) is 13.0 Å². The Morgan fingerprint density at radius 3 is 2.42 bits per heavy atom. The van der Waals surface area contributed by atoms with Crippen LogP contribution < -0.4 is 0 Å². The van der Waals surface area contributed by atoms with E-state index in [0.717, 1.165) is 6.42 Å². The summed E-state index contributed by atoms with van der Waals surface area (Å²) in [6.07, 6.45) is 1.17. The maximum absolute atomic E-state index is 10.7. The third-order valence-electron chi connectivity index (χ3n) is 1.81. The standard InChI is InChI=1S/C9H18O3/c1-5-8(10)12-7-6-9(2,3)11-4/h5-7H2,1-4H3. The van der Waals surface area contributed by atoms with E-state index in [4.69, 9.17) is 9.47 Å². The Kier molecular flexibility index (Phi) is 4.90. The number of esters is 1. The molecule has 12 heavy (non-hydrogen) atoms. The summed E-state index contributed by atoms with van der Waals surface area (Å²) in [7, 11) is 1.65. The average molecular weight is 174 g/mol. The molecule has 0 aromatic rings. The SMILES string of the molecule is CCC(=O)OCCC(C)(C)OC. The highest BCUT2D eigenvalue weighted by atomic mass is 16.5. The number of hydrogen-bond donors (Lipinski definition) is 0. The van der Waals surface area contributed by atoms with Crippen molar-refractivity contribution in [3.8, 4) is 0 Å². The maximum atomic E-state index is 10.7. The number of ether oxygens (including phenoxy) is 2. The molecule has 0 atom stereocenters. The second-order valence-electron chi connectivity index (χ2n) is 3.29. The van der Waals surface area contributed by atoms with Gasteiger partial charge < -0.3 is 9.47 Å². The van der Waals surface area contributed by atoms with Crippen LogP contribution in [0.3, 0.4) is 0 Å². The summed E-state index contributed by atoms with van der Waals surface area (Å²) < 4.78 is 10.1. The highest BCUT2D eigenvalue weighted by Crippen LogP contribution is 2.12. The molecule has 0 unspecified atom stereocenters. The van der Waals surface area contributed by atoms with Crippen molar-refractivity contribution < 1.29 is 14.3 Å². The molecule has 0 aliphatic rings. The van der Waals surface area contributed by atoms with Gasteiger partial charge in [0, 0.05) is 20.0 Å². The zero-order valence-electron chi connectivity index (χ0n) is 8.35. The summed E-state index contributed by atoms with van der Waals surface area (Å²) in [5.41, 5.74) is -0.200. The molecular formula is C9H18O3. The van der Waals surface area contributed by atoms with Crippen LogP contribution >= 0.6 is 0 Å². The van der Waals surface area contributed by atoms with Crippen LogP contribution in [0.1, 0.15) is 33.6 Å². The van der Waals surface area contributed by atoms with E-state index in [-0.39, 0.29) is 11.6 Å². The fourth-order valence-corrected chi connectivity index (χ4v) is 0.615. The predicted molar refractivity (Wildman–Crippen MR) is 47.0 cm³/mol. The second kappa shape index (κ2) is 5.14. The Balaban J connectivity index is 3.49. The van der Waals surface area contributed by atoms with E-state index >= 15 is 0 Å². The van der Waals surface area contributed by atoms with Crippen molar-refractivity contribution in [2.24, 2.45) is 0 Å². The predicted octanol–water partition coefficient (Wildman–Crippen LogP) is 1.75. The van der Waals surface area contributed by atoms with Crippen LogP contribution in [-0.2, 0) is 14.3 Å². The van der Waals surface area contributed by atoms with Gasteiger partial charge in [-0.3, -0.25) is 4.79 Å². The van der Waals surface area contributed by atoms with Gasteiger partial charge in [-0.05, 0) is 13.8 Å². The van der Waals surface area contributed by atoms with Crippen molar-refractivity contribution in [2.45, 2.75) is 39.2 Å². The molecule has 0 radical (unpaired) electrons. The molecular weight excluding hydrogens is 156 g/mol. The molecule has 0 amide bonds. The largest absolute Gasteiger partial charge is 0.466 e. The Bertz CT molecular complexity index is 141. The quantitative estimate of drug-likeness (QED) is 0.596.